The number of hydrogen-bond donors (Lipinski definition) is 4. The molecule has 0 amide bonds. The molecule has 2 unspecified atom stereocenters. The van der Waals surface area contributed by atoms with E-state index in [2.05, 4.69) is 47.4 Å². The lowest BCUT2D eigenvalue weighted by atomic mass is 10.00. The third kappa shape index (κ3) is 21.6. The summed E-state index contributed by atoms with van der Waals surface area (Å²) in [6, 6.07) is 0.120. The Balaban J connectivity index is 2.71. The molecule has 0 radical (unpaired) electrons. The fraction of sp³-hybridized carbons (Fsp3) is 0.886. The average Bonchev–Trinajstić information content (AvgIpc) is 2.96. The number of nitrogens with one attached hydrogen (secondary N) is 2. The average molecular weight is 579 g/mol. The molecule has 0 aromatic carbocycles. The molecule has 0 spiro atoms. The smallest absolute Gasteiger partial charge is 0.0704 e. The number of aliphatic hydroxyl groups is 2. The van der Waals surface area contributed by atoms with Crippen LogP contribution in [-0.2, 0) is 0 Å². The van der Waals surface area contributed by atoms with Crippen LogP contribution in [0.25, 0.3) is 0 Å². The summed E-state index contributed by atoms with van der Waals surface area (Å²) in [7, 11) is 0. The topological polar surface area (TPSA) is 71.0 Å². The van der Waals surface area contributed by atoms with E-state index >= 15 is 0 Å². The number of aliphatic hydroxyl groups excluding tert-OH is 2. The SMILES string of the molecule is C=C(CCCCCCC)CC(O)CN1CCCNCCCNCCCN(C(CO)CC(=C)CCCCCCC)CC1. The van der Waals surface area contributed by atoms with Crippen LogP contribution in [0.1, 0.15) is 123 Å². The van der Waals surface area contributed by atoms with Gasteiger partial charge in [-0.2, -0.15) is 0 Å². The predicted molar refractivity (Wildman–Crippen MR) is 179 cm³/mol. The van der Waals surface area contributed by atoms with Crippen LogP contribution < -0.4 is 10.6 Å². The maximum atomic E-state index is 11.0. The van der Waals surface area contributed by atoms with Gasteiger partial charge in [-0.05, 0) is 97.1 Å². The zero-order valence-electron chi connectivity index (χ0n) is 27.4. The van der Waals surface area contributed by atoms with Crippen LogP contribution in [-0.4, -0.2) is 97.7 Å². The van der Waals surface area contributed by atoms with E-state index in [0.717, 1.165) is 90.9 Å². The summed E-state index contributed by atoms with van der Waals surface area (Å²) in [6.45, 7) is 22.0. The number of unbranched alkanes of at least 4 members (excludes halogenated alkanes) is 8. The van der Waals surface area contributed by atoms with Gasteiger partial charge in [0.1, 0.15) is 0 Å². The molecular formula is C35H70N4O2. The van der Waals surface area contributed by atoms with Crippen molar-refractivity contribution in [3.05, 3.63) is 24.3 Å². The summed E-state index contributed by atoms with van der Waals surface area (Å²) in [5.74, 6) is 0. The van der Waals surface area contributed by atoms with Crippen LogP contribution in [0.2, 0.25) is 0 Å². The third-order valence-electron chi connectivity index (χ3n) is 8.55. The van der Waals surface area contributed by atoms with Crippen molar-refractivity contribution >= 4 is 0 Å². The first-order chi connectivity index (χ1) is 20.0. The van der Waals surface area contributed by atoms with Gasteiger partial charge in [0.25, 0.3) is 0 Å². The van der Waals surface area contributed by atoms with Gasteiger partial charge < -0.3 is 20.8 Å². The van der Waals surface area contributed by atoms with Crippen LogP contribution in [0.3, 0.4) is 0 Å². The van der Waals surface area contributed by atoms with Crippen LogP contribution >= 0.6 is 0 Å². The number of hydrogen-bond acceptors (Lipinski definition) is 6. The highest BCUT2D eigenvalue weighted by Gasteiger charge is 2.21. The largest absolute Gasteiger partial charge is 0.395 e. The van der Waals surface area contributed by atoms with E-state index in [0.29, 0.717) is 13.0 Å². The molecule has 1 saturated heterocycles. The minimum absolute atomic E-state index is 0.120. The second-order valence-corrected chi connectivity index (χ2v) is 12.6. The first kappa shape index (κ1) is 38.3. The second kappa shape index (κ2) is 26.8. The second-order valence-electron chi connectivity index (χ2n) is 12.6. The molecule has 0 aromatic heterocycles. The van der Waals surface area contributed by atoms with Gasteiger partial charge in [-0.3, -0.25) is 9.80 Å². The first-order valence-corrected chi connectivity index (χ1v) is 17.5. The number of rotatable bonds is 20. The summed E-state index contributed by atoms with van der Waals surface area (Å²) >= 11 is 0. The van der Waals surface area contributed by atoms with Gasteiger partial charge in [0, 0.05) is 25.7 Å². The lowest BCUT2D eigenvalue weighted by Gasteiger charge is -2.34. The molecule has 1 fully saturated rings. The molecule has 1 aliphatic heterocycles. The molecule has 6 heteroatoms. The third-order valence-corrected chi connectivity index (χ3v) is 8.55. The first-order valence-electron chi connectivity index (χ1n) is 17.5. The number of β-amino-alcohol motifs (C(OH)–C–C–N with tert-alkyl or cyclic N) is 1. The lowest BCUT2D eigenvalue weighted by Crippen LogP contribution is -2.45. The normalized spacial score (nSPS) is 18.8. The molecule has 0 saturated carbocycles. The van der Waals surface area contributed by atoms with E-state index in [1.54, 1.807) is 0 Å². The fourth-order valence-electron chi connectivity index (χ4n) is 5.96. The Bertz CT molecular complexity index is 629. The highest BCUT2D eigenvalue weighted by Crippen LogP contribution is 2.18. The van der Waals surface area contributed by atoms with Crippen LogP contribution in [0.4, 0.5) is 0 Å². The van der Waals surface area contributed by atoms with E-state index in [1.165, 1.54) is 75.4 Å². The summed E-state index contributed by atoms with van der Waals surface area (Å²) in [5.41, 5.74) is 2.47. The van der Waals surface area contributed by atoms with Crippen molar-refractivity contribution in [2.45, 2.75) is 135 Å². The lowest BCUT2D eigenvalue weighted by molar-refractivity contribution is 0.0811. The van der Waals surface area contributed by atoms with Crippen molar-refractivity contribution < 1.29 is 10.2 Å². The molecule has 4 N–H and O–H groups in total. The molecular weight excluding hydrogens is 508 g/mol. The molecule has 41 heavy (non-hydrogen) atoms. The molecule has 1 rings (SSSR count). The van der Waals surface area contributed by atoms with Gasteiger partial charge in [-0.25, -0.2) is 0 Å². The van der Waals surface area contributed by atoms with Gasteiger partial charge in [-0.15, -0.1) is 0 Å². The van der Waals surface area contributed by atoms with Crippen LogP contribution in [0.5, 0.6) is 0 Å². The van der Waals surface area contributed by atoms with Crippen molar-refractivity contribution in [1.82, 2.24) is 20.4 Å². The van der Waals surface area contributed by atoms with Crippen LogP contribution in [0, 0.1) is 0 Å². The number of nitrogens with zero attached hydrogens (tertiary/aromatic N) is 2. The Morgan fingerprint density at radius 2 is 1.22 bits per heavy atom. The van der Waals surface area contributed by atoms with Crippen LogP contribution in [0.15, 0.2) is 24.3 Å². The highest BCUT2D eigenvalue weighted by atomic mass is 16.3. The standard InChI is InChI=1S/C35H70N4O2/c1-5-7-9-11-13-18-32(3)28-34(31-40)39-25-17-23-37-21-15-20-36-22-16-24-38(26-27-39)30-35(41)29-33(4)19-14-12-10-8-6-2/h34-37,40-41H,3-31H2,1-2H3. The molecule has 242 valence electrons. The Labute approximate surface area is 255 Å². The zero-order chi connectivity index (χ0) is 30.0. The molecule has 0 aromatic rings. The van der Waals surface area contributed by atoms with Crippen molar-refractivity contribution in [1.29, 1.82) is 0 Å². The van der Waals surface area contributed by atoms with Gasteiger partial charge in [0.2, 0.25) is 0 Å². The molecule has 1 heterocycles. The fourth-order valence-corrected chi connectivity index (χ4v) is 5.96. The van der Waals surface area contributed by atoms with E-state index in [1.807, 2.05) is 0 Å². The van der Waals surface area contributed by atoms with Gasteiger partial charge in [0.15, 0.2) is 0 Å². The van der Waals surface area contributed by atoms with Crippen molar-refractivity contribution in [3.63, 3.8) is 0 Å². The van der Waals surface area contributed by atoms with Gasteiger partial charge in [-0.1, -0.05) is 89.5 Å². The minimum Gasteiger partial charge on any atom is -0.395 e. The monoisotopic (exact) mass is 579 g/mol. The van der Waals surface area contributed by atoms with Gasteiger partial charge in [0.05, 0.1) is 12.7 Å². The van der Waals surface area contributed by atoms with E-state index in [9.17, 15) is 10.2 Å². The Hall–Kier alpha value is -0.760. The summed E-state index contributed by atoms with van der Waals surface area (Å²) in [5, 5.41) is 28.6. The zero-order valence-corrected chi connectivity index (χ0v) is 27.4. The Morgan fingerprint density at radius 3 is 1.80 bits per heavy atom. The summed E-state index contributed by atoms with van der Waals surface area (Å²) in [6.07, 6.45) is 19.4. The van der Waals surface area contributed by atoms with E-state index in [4.69, 9.17) is 0 Å². The van der Waals surface area contributed by atoms with Crippen molar-refractivity contribution in [2.75, 3.05) is 65.5 Å². The van der Waals surface area contributed by atoms with E-state index < -0.39 is 0 Å². The van der Waals surface area contributed by atoms with Crippen molar-refractivity contribution in [2.24, 2.45) is 0 Å². The maximum Gasteiger partial charge on any atom is 0.0704 e. The molecule has 6 nitrogen and oxygen atoms in total. The quantitative estimate of drug-likeness (QED) is 0.101. The highest BCUT2D eigenvalue weighted by molar-refractivity contribution is 4.99. The summed E-state index contributed by atoms with van der Waals surface area (Å²) < 4.78 is 0. The predicted octanol–water partition coefficient (Wildman–Crippen LogP) is 6.29. The molecule has 1 aliphatic rings. The maximum absolute atomic E-state index is 11.0. The molecule has 2 atom stereocenters. The van der Waals surface area contributed by atoms with Gasteiger partial charge >= 0.3 is 0 Å². The Kier molecular flexibility index (Phi) is 25.0. The molecule has 0 bridgehead atoms. The Morgan fingerprint density at radius 1 is 0.683 bits per heavy atom. The van der Waals surface area contributed by atoms with Crippen molar-refractivity contribution in [3.8, 4) is 0 Å². The molecule has 0 aliphatic carbocycles. The summed E-state index contributed by atoms with van der Waals surface area (Å²) in [4.78, 5) is 4.94. The minimum atomic E-state index is -0.369. The van der Waals surface area contributed by atoms with E-state index in [-0.39, 0.29) is 18.8 Å².